The average Bonchev–Trinajstić information content (AvgIpc) is 2.93. The van der Waals surface area contributed by atoms with Crippen molar-refractivity contribution in [3.8, 4) is 11.1 Å². The van der Waals surface area contributed by atoms with Gasteiger partial charge < -0.3 is 15.2 Å². The van der Waals surface area contributed by atoms with E-state index in [-0.39, 0.29) is 23.6 Å². The Hall–Kier alpha value is -2.66. The second-order valence-electron chi connectivity index (χ2n) is 7.73. The first-order valence-electron chi connectivity index (χ1n) is 9.59. The first kappa shape index (κ1) is 18.7. The Morgan fingerprint density at radius 3 is 2.39 bits per heavy atom. The molecule has 2 aliphatic rings. The Labute approximate surface area is 164 Å². The van der Waals surface area contributed by atoms with Gasteiger partial charge in [-0.3, -0.25) is 4.79 Å². The second-order valence-corrected chi connectivity index (χ2v) is 7.73. The molecule has 1 spiro atoms. The summed E-state index contributed by atoms with van der Waals surface area (Å²) in [6, 6.07) is 12.0. The molecule has 0 saturated heterocycles. The lowest BCUT2D eigenvalue weighted by molar-refractivity contribution is -0.116. The Kier molecular flexibility index (Phi) is 4.71. The van der Waals surface area contributed by atoms with Crippen molar-refractivity contribution in [2.24, 2.45) is 0 Å². The number of hydrogen-bond donors (Lipinski definition) is 2. The van der Waals surface area contributed by atoms with Gasteiger partial charge >= 0.3 is 0 Å². The first-order valence-corrected chi connectivity index (χ1v) is 9.59. The van der Waals surface area contributed by atoms with Crippen LogP contribution in [-0.4, -0.2) is 29.8 Å². The molecule has 1 amide bonds. The number of aliphatic hydroxyl groups is 1. The van der Waals surface area contributed by atoms with Gasteiger partial charge in [0.05, 0.1) is 17.2 Å². The fourth-order valence-electron chi connectivity index (χ4n) is 4.33. The van der Waals surface area contributed by atoms with E-state index < -0.39 is 5.54 Å². The van der Waals surface area contributed by atoms with Gasteiger partial charge in [-0.15, -0.1) is 0 Å². The van der Waals surface area contributed by atoms with E-state index in [1.165, 1.54) is 12.1 Å². The maximum Gasteiger partial charge on any atom is 0.256 e. The molecule has 2 N–H and O–H groups in total. The van der Waals surface area contributed by atoms with Crippen LogP contribution in [0.3, 0.4) is 0 Å². The lowest BCUT2D eigenvalue weighted by Gasteiger charge is -2.36. The normalized spacial score (nSPS) is 24.7. The topological polar surface area (TPSA) is 58.6 Å². The SMILES string of the molecule is CO[C@H]1CC[C@]2(CC1)NC(=O)C(c1cc(-c3ccc(F)cc3)ccc1C)=C2O. The number of nitrogens with one attached hydrogen (secondary N) is 1. The maximum absolute atomic E-state index is 13.2. The highest BCUT2D eigenvalue weighted by Gasteiger charge is 2.48. The molecule has 4 nitrogen and oxygen atoms in total. The molecule has 5 heteroatoms. The molecule has 2 aromatic carbocycles. The smallest absolute Gasteiger partial charge is 0.256 e. The van der Waals surface area contributed by atoms with Crippen molar-refractivity contribution < 1.29 is 19.0 Å². The van der Waals surface area contributed by atoms with Gasteiger partial charge in [-0.05, 0) is 73.1 Å². The predicted molar refractivity (Wildman–Crippen MR) is 106 cm³/mol. The van der Waals surface area contributed by atoms with Crippen molar-refractivity contribution in [2.45, 2.75) is 44.2 Å². The minimum absolute atomic E-state index is 0.131. The van der Waals surface area contributed by atoms with E-state index in [0.717, 1.165) is 29.5 Å². The highest BCUT2D eigenvalue weighted by Crippen LogP contribution is 2.42. The summed E-state index contributed by atoms with van der Waals surface area (Å²) in [6.07, 6.45) is 3.07. The van der Waals surface area contributed by atoms with E-state index in [1.54, 1.807) is 19.2 Å². The minimum atomic E-state index is -0.695. The molecule has 0 bridgehead atoms. The van der Waals surface area contributed by atoms with E-state index >= 15 is 0 Å². The number of amides is 1. The molecule has 0 unspecified atom stereocenters. The molecule has 146 valence electrons. The van der Waals surface area contributed by atoms with Crippen molar-refractivity contribution in [2.75, 3.05) is 7.11 Å². The molecule has 1 aliphatic carbocycles. The Balaban J connectivity index is 1.74. The van der Waals surface area contributed by atoms with Crippen LogP contribution in [0.25, 0.3) is 16.7 Å². The average molecular weight is 381 g/mol. The van der Waals surface area contributed by atoms with Gasteiger partial charge in [-0.2, -0.15) is 0 Å². The number of benzene rings is 2. The van der Waals surface area contributed by atoms with Gasteiger partial charge in [-0.25, -0.2) is 4.39 Å². The highest BCUT2D eigenvalue weighted by molar-refractivity contribution is 6.23. The van der Waals surface area contributed by atoms with Crippen LogP contribution in [0, 0.1) is 12.7 Å². The van der Waals surface area contributed by atoms with Crippen LogP contribution in [0.15, 0.2) is 48.2 Å². The van der Waals surface area contributed by atoms with Crippen molar-refractivity contribution in [1.29, 1.82) is 0 Å². The summed E-state index contributed by atoms with van der Waals surface area (Å²) in [5.74, 6) is -0.403. The summed E-state index contributed by atoms with van der Waals surface area (Å²) in [6.45, 7) is 1.92. The summed E-state index contributed by atoms with van der Waals surface area (Å²) in [4.78, 5) is 12.8. The van der Waals surface area contributed by atoms with Crippen LogP contribution in [0.5, 0.6) is 0 Å². The minimum Gasteiger partial charge on any atom is -0.509 e. The number of aliphatic hydroxyl groups excluding tert-OH is 1. The van der Waals surface area contributed by atoms with E-state index in [1.807, 2.05) is 25.1 Å². The monoisotopic (exact) mass is 381 g/mol. The summed E-state index contributed by atoms with van der Waals surface area (Å²) in [5, 5.41) is 14.1. The number of carbonyl (C=O) groups excluding carboxylic acids is 1. The Morgan fingerprint density at radius 1 is 1.11 bits per heavy atom. The number of rotatable bonds is 3. The quantitative estimate of drug-likeness (QED) is 0.821. The highest BCUT2D eigenvalue weighted by atomic mass is 19.1. The first-order chi connectivity index (χ1) is 13.4. The van der Waals surface area contributed by atoms with Gasteiger partial charge in [0.15, 0.2) is 0 Å². The number of carbonyl (C=O) groups is 1. The van der Waals surface area contributed by atoms with E-state index in [4.69, 9.17) is 4.74 Å². The molecule has 4 rings (SSSR count). The maximum atomic E-state index is 13.2. The zero-order valence-electron chi connectivity index (χ0n) is 16.1. The largest absolute Gasteiger partial charge is 0.509 e. The zero-order chi connectivity index (χ0) is 19.9. The van der Waals surface area contributed by atoms with Gasteiger partial charge in [0.25, 0.3) is 5.91 Å². The summed E-state index contributed by atoms with van der Waals surface area (Å²) >= 11 is 0. The molecule has 28 heavy (non-hydrogen) atoms. The molecular weight excluding hydrogens is 357 g/mol. The van der Waals surface area contributed by atoms with Crippen molar-refractivity contribution in [3.63, 3.8) is 0 Å². The molecular formula is C23H24FNO3. The standard InChI is InChI=1S/C23H24FNO3/c1-14-3-4-16(15-5-7-17(24)8-6-15)13-19(14)20-21(26)23(25-22(20)27)11-9-18(28-2)10-12-23/h3-8,13,18,26H,9-12H2,1-2H3,(H,25,27)/t18-,23+. The van der Waals surface area contributed by atoms with Crippen LogP contribution in [0.2, 0.25) is 0 Å². The summed E-state index contributed by atoms with van der Waals surface area (Å²) in [5.41, 5.74) is 3.00. The molecule has 0 radical (unpaired) electrons. The predicted octanol–water partition coefficient (Wildman–Crippen LogP) is 4.53. The lowest BCUT2D eigenvalue weighted by atomic mass is 9.79. The number of hydrogen-bond acceptors (Lipinski definition) is 3. The molecule has 1 heterocycles. The number of methoxy groups -OCH3 is 1. The molecule has 1 saturated carbocycles. The van der Waals surface area contributed by atoms with E-state index in [2.05, 4.69) is 5.32 Å². The van der Waals surface area contributed by atoms with Gasteiger partial charge in [0.2, 0.25) is 0 Å². The van der Waals surface area contributed by atoms with Gasteiger partial charge in [0, 0.05) is 7.11 Å². The van der Waals surface area contributed by atoms with E-state index in [9.17, 15) is 14.3 Å². The second kappa shape index (κ2) is 7.06. The molecule has 0 atom stereocenters. The van der Waals surface area contributed by atoms with Crippen LogP contribution >= 0.6 is 0 Å². The fraction of sp³-hybridized carbons (Fsp3) is 0.348. The van der Waals surface area contributed by atoms with E-state index in [0.29, 0.717) is 24.0 Å². The molecule has 0 aromatic heterocycles. The van der Waals surface area contributed by atoms with Crippen LogP contribution in [0.1, 0.15) is 36.8 Å². The van der Waals surface area contributed by atoms with Crippen LogP contribution in [0.4, 0.5) is 4.39 Å². The molecule has 2 aromatic rings. The third kappa shape index (κ3) is 3.10. The lowest BCUT2D eigenvalue weighted by Crippen LogP contribution is -2.48. The van der Waals surface area contributed by atoms with Gasteiger partial charge in [-0.1, -0.05) is 24.3 Å². The molecule has 1 fully saturated rings. The summed E-state index contributed by atoms with van der Waals surface area (Å²) in [7, 11) is 1.70. The van der Waals surface area contributed by atoms with Gasteiger partial charge in [0.1, 0.15) is 11.6 Å². The fourth-order valence-corrected chi connectivity index (χ4v) is 4.33. The number of aryl methyl sites for hydroxylation is 1. The third-order valence-electron chi connectivity index (χ3n) is 6.07. The molecule has 1 aliphatic heterocycles. The number of halogens is 1. The summed E-state index contributed by atoms with van der Waals surface area (Å²) < 4.78 is 18.7. The van der Waals surface area contributed by atoms with Crippen molar-refractivity contribution >= 4 is 11.5 Å². The number of ether oxygens (including phenoxy) is 1. The van der Waals surface area contributed by atoms with Crippen LogP contribution < -0.4 is 5.32 Å². The third-order valence-corrected chi connectivity index (χ3v) is 6.07. The van der Waals surface area contributed by atoms with Crippen LogP contribution in [-0.2, 0) is 9.53 Å². The zero-order valence-corrected chi connectivity index (χ0v) is 16.1. The Bertz CT molecular complexity index is 941. The van der Waals surface area contributed by atoms with Crippen molar-refractivity contribution in [3.05, 3.63) is 65.2 Å². The van der Waals surface area contributed by atoms with Crippen molar-refractivity contribution in [1.82, 2.24) is 5.32 Å². The Morgan fingerprint density at radius 2 is 1.75 bits per heavy atom.